The van der Waals surface area contributed by atoms with E-state index in [-0.39, 0.29) is 17.8 Å². The number of imidazole rings is 1. The van der Waals surface area contributed by atoms with E-state index in [4.69, 9.17) is 0 Å². The van der Waals surface area contributed by atoms with Gasteiger partial charge in [-0.1, -0.05) is 6.08 Å². The quantitative estimate of drug-likeness (QED) is 0.454. The van der Waals surface area contributed by atoms with Gasteiger partial charge in [-0.15, -0.1) is 6.58 Å². The fourth-order valence-electron chi connectivity index (χ4n) is 2.20. The van der Waals surface area contributed by atoms with E-state index < -0.39 is 29.2 Å². The van der Waals surface area contributed by atoms with Gasteiger partial charge in [-0.2, -0.15) is 13.2 Å². The number of carbonyl (C=O) groups is 1. The smallest absolute Gasteiger partial charge is 0.326 e. The normalized spacial score (nSPS) is 11.2. The Morgan fingerprint density at radius 1 is 1.44 bits per heavy atom. The van der Waals surface area contributed by atoms with Gasteiger partial charge < -0.3 is 9.47 Å². The summed E-state index contributed by atoms with van der Waals surface area (Å²) in [6, 6.07) is 3.47. The van der Waals surface area contributed by atoms with Crippen molar-refractivity contribution in [2.24, 2.45) is 0 Å². The van der Waals surface area contributed by atoms with Gasteiger partial charge in [-0.25, -0.2) is 4.98 Å². The molecule has 1 aromatic heterocycles. The molecule has 0 spiro atoms. The molecule has 0 atom stereocenters. The van der Waals surface area contributed by atoms with Gasteiger partial charge >= 0.3 is 6.18 Å². The van der Waals surface area contributed by atoms with E-state index in [1.54, 1.807) is 0 Å². The van der Waals surface area contributed by atoms with Gasteiger partial charge in [0, 0.05) is 30.6 Å². The molecule has 7 nitrogen and oxygen atoms in total. The lowest BCUT2D eigenvalue weighted by molar-refractivity contribution is -0.384. The van der Waals surface area contributed by atoms with Crippen LogP contribution in [-0.4, -0.2) is 44.5 Å². The summed E-state index contributed by atoms with van der Waals surface area (Å²) in [5.41, 5.74) is -0.499. The molecule has 2 aromatic rings. The molecule has 0 bridgehead atoms. The molecule has 0 unspecified atom stereocenters. The molecule has 0 saturated heterocycles. The number of nitro benzene ring substituents is 1. The largest absolute Gasteiger partial charge is 0.406 e. The van der Waals surface area contributed by atoms with E-state index >= 15 is 0 Å². The van der Waals surface area contributed by atoms with Crippen LogP contribution in [-0.2, 0) is 0 Å². The third-order valence-corrected chi connectivity index (χ3v) is 3.21. The van der Waals surface area contributed by atoms with Gasteiger partial charge in [0.15, 0.2) is 0 Å². The number of aromatic nitrogens is 2. The number of benzene rings is 1. The number of rotatable bonds is 6. The number of hydrogen-bond donors (Lipinski definition) is 0. The van der Waals surface area contributed by atoms with Crippen LogP contribution in [0.15, 0.2) is 49.6 Å². The molecule has 1 amide bonds. The number of nitrogens with zero attached hydrogens (tertiary/aromatic N) is 4. The Labute approximate surface area is 140 Å². The fraction of sp³-hybridized carbons (Fsp3) is 0.200. The minimum atomic E-state index is -4.60. The average Bonchev–Trinajstić information content (AvgIpc) is 3.06. The number of carbonyl (C=O) groups excluding carboxylic acids is 1. The standard InChI is InChI=1S/C15H13F3N4O3/c1-2-6-20(9-15(16,17)18)14(23)11-3-4-12(13(8-11)22(24)25)21-7-5-19-10-21/h2-5,7-8,10H,1,6,9H2. The van der Waals surface area contributed by atoms with Crippen LogP contribution in [0, 0.1) is 10.1 Å². The number of alkyl halides is 3. The summed E-state index contributed by atoms with van der Waals surface area (Å²) >= 11 is 0. The van der Waals surface area contributed by atoms with Gasteiger partial charge in [-0.05, 0) is 12.1 Å². The van der Waals surface area contributed by atoms with Crippen molar-refractivity contribution in [3.63, 3.8) is 0 Å². The first kappa shape index (κ1) is 18.2. The summed E-state index contributed by atoms with van der Waals surface area (Å²) in [4.78, 5) is 27.2. The van der Waals surface area contributed by atoms with E-state index in [0.29, 0.717) is 4.90 Å². The average molecular weight is 354 g/mol. The van der Waals surface area contributed by atoms with Crippen LogP contribution in [0.1, 0.15) is 10.4 Å². The first-order chi connectivity index (χ1) is 11.7. The van der Waals surface area contributed by atoms with Gasteiger partial charge in [0.05, 0.1) is 11.3 Å². The molecule has 132 valence electrons. The lowest BCUT2D eigenvalue weighted by atomic mass is 10.1. The van der Waals surface area contributed by atoms with E-state index in [9.17, 15) is 28.1 Å². The van der Waals surface area contributed by atoms with Gasteiger partial charge in [0.1, 0.15) is 12.2 Å². The first-order valence-electron chi connectivity index (χ1n) is 6.96. The molecule has 2 rings (SSSR count). The minimum absolute atomic E-state index is 0.144. The van der Waals surface area contributed by atoms with Crippen LogP contribution < -0.4 is 0 Å². The van der Waals surface area contributed by atoms with Crippen LogP contribution >= 0.6 is 0 Å². The van der Waals surface area contributed by atoms with E-state index in [1.807, 2.05) is 0 Å². The highest BCUT2D eigenvalue weighted by Gasteiger charge is 2.33. The lowest BCUT2D eigenvalue weighted by Gasteiger charge is -2.22. The summed E-state index contributed by atoms with van der Waals surface area (Å²) in [6.45, 7) is 1.51. The van der Waals surface area contributed by atoms with Crippen molar-refractivity contribution in [3.05, 3.63) is 65.3 Å². The first-order valence-corrected chi connectivity index (χ1v) is 6.96. The van der Waals surface area contributed by atoms with Gasteiger partial charge in [0.2, 0.25) is 0 Å². The van der Waals surface area contributed by atoms with Gasteiger partial charge in [-0.3, -0.25) is 14.9 Å². The van der Waals surface area contributed by atoms with Crippen LogP contribution in [0.2, 0.25) is 0 Å². The molecule has 0 saturated carbocycles. The molecule has 0 aliphatic rings. The van der Waals surface area contributed by atoms with Crippen LogP contribution in [0.25, 0.3) is 5.69 Å². The Morgan fingerprint density at radius 3 is 2.68 bits per heavy atom. The highest BCUT2D eigenvalue weighted by molar-refractivity contribution is 5.95. The second kappa shape index (κ2) is 7.16. The van der Waals surface area contributed by atoms with Crippen molar-refractivity contribution in [2.75, 3.05) is 13.1 Å². The van der Waals surface area contributed by atoms with Crippen LogP contribution in [0.5, 0.6) is 0 Å². The van der Waals surface area contributed by atoms with Crippen molar-refractivity contribution in [3.8, 4) is 5.69 Å². The zero-order valence-electron chi connectivity index (χ0n) is 12.8. The minimum Gasteiger partial charge on any atom is -0.326 e. The summed E-state index contributed by atoms with van der Waals surface area (Å²) in [5.74, 6) is -0.975. The van der Waals surface area contributed by atoms with Crippen molar-refractivity contribution in [1.82, 2.24) is 14.5 Å². The molecule has 0 fully saturated rings. The zero-order valence-corrected chi connectivity index (χ0v) is 12.8. The molecule has 25 heavy (non-hydrogen) atoms. The summed E-state index contributed by atoms with van der Waals surface area (Å²) in [5, 5.41) is 11.3. The topological polar surface area (TPSA) is 81.3 Å². The third-order valence-electron chi connectivity index (χ3n) is 3.21. The summed E-state index contributed by atoms with van der Waals surface area (Å²) in [7, 11) is 0. The predicted octanol–water partition coefficient (Wildman–Crippen LogP) is 2.97. The Balaban J connectivity index is 2.41. The maximum absolute atomic E-state index is 12.6. The highest BCUT2D eigenvalue weighted by Crippen LogP contribution is 2.25. The summed E-state index contributed by atoms with van der Waals surface area (Å²) < 4.78 is 39.2. The maximum atomic E-state index is 12.6. The number of hydrogen-bond acceptors (Lipinski definition) is 4. The Kier molecular flexibility index (Phi) is 5.20. The van der Waals surface area contributed by atoms with Crippen LogP contribution in [0.4, 0.5) is 18.9 Å². The summed E-state index contributed by atoms with van der Waals surface area (Å²) in [6.07, 6.45) is 0.770. The molecule has 0 radical (unpaired) electrons. The lowest BCUT2D eigenvalue weighted by Crippen LogP contribution is -2.39. The van der Waals surface area contributed by atoms with E-state index in [2.05, 4.69) is 11.6 Å². The number of halogens is 3. The third kappa shape index (κ3) is 4.43. The van der Waals surface area contributed by atoms with Crippen molar-refractivity contribution >= 4 is 11.6 Å². The molecule has 0 aliphatic heterocycles. The maximum Gasteiger partial charge on any atom is 0.406 e. The second-order valence-corrected chi connectivity index (χ2v) is 5.02. The number of nitro groups is 1. The SMILES string of the molecule is C=CCN(CC(F)(F)F)C(=O)c1ccc(-n2ccnc2)c([N+](=O)[O-])c1. The second-order valence-electron chi connectivity index (χ2n) is 5.02. The van der Waals surface area contributed by atoms with Crippen LogP contribution in [0.3, 0.4) is 0 Å². The van der Waals surface area contributed by atoms with Crippen molar-refractivity contribution < 1.29 is 22.9 Å². The molecular weight excluding hydrogens is 341 g/mol. The molecule has 0 N–H and O–H groups in total. The molecular formula is C15H13F3N4O3. The number of amides is 1. The monoisotopic (exact) mass is 354 g/mol. The fourth-order valence-corrected chi connectivity index (χ4v) is 2.20. The predicted molar refractivity (Wildman–Crippen MR) is 82.4 cm³/mol. The van der Waals surface area contributed by atoms with Crippen molar-refractivity contribution in [1.29, 1.82) is 0 Å². The molecule has 10 heteroatoms. The van der Waals surface area contributed by atoms with E-state index in [0.717, 1.165) is 12.1 Å². The Bertz CT molecular complexity index is 788. The van der Waals surface area contributed by atoms with Crippen molar-refractivity contribution in [2.45, 2.75) is 6.18 Å². The Morgan fingerprint density at radius 2 is 2.16 bits per heavy atom. The Hall–Kier alpha value is -3.17. The molecule has 0 aliphatic carbocycles. The van der Waals surface area contributed by atoms with Gasteiger partial charge in [0.25, 0.3) is 11.6 Å². The zero-order chi connectivity index (χ0) is 18.6. The highest BCUT2D eigenvalue weighted by atomic mass is 19.4. The van der Waals surface area contributed by atoms with E-state index in [1.165, 1.54) is 35.4 Å². The molecule has 1 heterocycles. The molecule has 1 aromatic carbocycles.